The molecule has 1 amide bonds. The van der Waals surface area contributed by atoms with E-state index in [1.54, 1.807) is 0 Å². The van der Waals surface area contributed by atoms with Crippen molar-refractivity contribution < 1.29 is 14.7 Å². The highest BCUT2D eigenvalue weighted by molar-refractivity contribution is 5.78. The van der Waals surface area contributed by atoms with E-state index in [4.69, 9.17) is 5.11 Å². The third kappa shape index (κ3) is 4.81. The highest BCUT2D eigenvalue weighted by Gasteiger charge is 2.17. The van der Waals surface area contributed by atoms with Crippen molar-refractivity contribution in [1.82, 2.24) is 14.9 Å². The molecule has 0 spiro atoms. The SMILES string of the molecule is Cc1nc2ccccc2n1CCC(=O)NC(CC(=O)O)CC(C)C. The average Bonchev–Trinajstić information content (AvgIpc) is 2.79. The van der Waals surface area contributed by atoms with Crippen LogP contribution in [0.1, 0.15) is 38.9 Å². The predicted molar refractivity (Wildman–Crippen MR) is 92.7 cm³/mol. The lowest BCUT2D eigenvalue weighted by atomic mass is 10.0. The molecule has 0 fully saturated rings. The molecular weight excluding hydrogens is 306 g/mol. The number of carbonyl (C=O) groups excluding carboxylic acids is 1. The maximum absolute atomic E-state index is 12.2. The number of carbonyl (C=O) groups is 2. The summed E-state index contributed by atoms with van der Waals surface area (Å²) in [4.78, 5) is 27.7. The second-order valence-electron chi connectivity index (χ2n) is 6.54. The van der Waals surface area contributed by atoms with Crippen molar-refractivity contribution in [3.05, 3.63) is 30.1 Å². The van der Waals surface area contributed by atoms with E-state index in [0.717, 1.165) is 16.9 Å². The standard InChI is InChI=1S/C18H25N3O3/c1-12(2)10-14(11-18(23)24)20-17(22)8-9-21-13(3)19-15-6-4-5-7-16(15)21/h4-7,12,14H,8-11H2,1-3H3,(H,20,22)(H,23,24). The molecule has 0 radical (unpaired) electrons. The van der Waals surface area contributed by atoms with Gasteiger partial charge in [0.25, 0.3) is 0 Å². The summed E-state index contributed by atoms with van der Waals surface area (Å²) in [6, 6.07) is 7.50. The summed E-state index contributed by atoms with van der Waals surface area (Å²) in [6.45, 7) is 6.48. The third-order valence-electron chi connectivity index (χ3n) is 3.95. The van der Waals surface area contributed by atoms with E-state index in [1.807, 2.05) is 49.6 Å². The van der Waals surface area contributed by atoms with Crippen LogP contribution < -0.4 is 5.32 Å². The Hall–Kier alpha value is -2.37. The number of aromatic nitrogens is 2. The minimum atomic E-state index is -0.891. The number of imidazole rings is 1. The van der Waals surface area contributed by atoms with Gasteiger partial charge in [-0.05, 0) is 31.4 Å². The second kappa shape index (κ2) is 7.95. The van der Waals surface area contributed by atoms with Crippen LogP contribution in [0.15, 0.2) is 24.3 Å². The van der Waals surface area contributed by atoms with E-state index in [-0.39, 0.29) is 18.4 Å². The van der Waals surface area contributed by atoms with Crippen molar-refractivity contribution in [3.63, 3.8) is 0 Å². The summed E-state index contributed by atoms with van der Waals surface area (Å²) in [5.41, 5.74) is 1.92. The first kappa shape index (κ1) is 18.0. The average molecular weight is 331 g/mol. The number of amides is 1. The van der Waals surface area contributed by atoms with Gasteiger partial charge in [0.1, 0.15) is 5.82 Å². The molecule has 2 aromatic rings. The molecule has 0 aliphatic heterocycles. The Bertz CT molecular complexity index is 721. The maximum Gasteiger partial charge on any atom is 0.305 e. The summed E-state index contributed by atoms with van der Waals surface area (Å²) in [6.07, 6.45) is 0.914. The highest BCUT2D eigenvalue weighted by Crippen LogP contribution is 2.16. The molecule has 24 heavy (non-hydrogen) atoms. The number of aliphatic carboxylic acids is 1. The zero-order valence-electron chi connectivity index (χ0n) is 14.5. The van der Waals surface area contributed by atoms with E-state index in [9.17, 15) is 9.59 Å². The molecule has 0 bridgehead atoms. The van der Waals surface area contributed by atoms with Gasteiger partial charge in [-0.25, -0.2) is 4.98 Å². The lowest BCUT2D eigenvalue weighted by molar-refractivity contribution is -0.137. The van der Waals surface area contributed by atoms with Gasteiger partial charge in [0.15, 0.2) is 0 Å². The minimum Gasteiger partial charge on any atom is -0.481 e. The van der Waals surface area contributed by atoms with Crippen LogP contribution in [-0.2, 0) is 16.1 Å². The van der Waals surface area contributed by atoms with Gasteiger partial charge < -0.3 is 15.0 Å². The first-order valence-corrected chi connectivity index (χ1v) is 8.30. The Morgan fingerprint density at radius 2 is 2.00 bits per heavy atom. The molecule has 2 N–H and O–H groups in total. The molecule has 1 aromatic carbocycles. The smallest absolute Gasteiger partial charge is 0.305 e. The number of aryl methyl sites for hydroxylation is 2. The van der Waals surface area contributed by atoms with E-state index < -0.39 is 5.97 Å². The summed E-state index contributed by atoms with van der Waals surface area (Å²) >= 11 is 0. The van der Waals surface area contributed by atoms with Crippen LogP contribution in [0.5, 0.6) is 0 Å². The largest absolute Gasteiger partial charge is 0.481 e. The van der Waals surface area contributed by atoms with E-state index in [0.29, 0.717) is 25.3 Å². The van der Waals surface area contributed by atoms with Gasteiger partial charge in [0.2, 0.25) is 5.91 Å². The van der Waals surface area contributed by atoms with Crippen LogP contribution in [0.3, 0.4) is 0 Å². The predicted octanol–water partition coefficient (Wildman–Crippen LogP) is 2.74. The Morgan fingerprint density at radius 3 is 2.67 bits per heavy atom. The highest BCUT2D eigenvalue weighted by atomic mass is 16.4. The fourth-order valence-corrected chi connectivity index (χ4v) is 2.96. The number of benzene rings is 1. The maximum atomic E-state index is 12.2. The van der Waals surface area contributed by atoms with Crippen LogP contribution in [0.4, 0.5) is 0 Å². The van der Waals surface area contributed by atoms with Gasteiger partial charge >= 0.3 is 5.97 Å². The molecule has 0 saturated heterocycles. The molecule has 0 aliphatic rings. The van der Waals surface area contributed by atoms with Crippen molar-refractivity contribution in [1.29, 1.82) is 0 Å². The molecular formula is C18H25N3O3. The Balaban J connectivity index is 1.98. The monoisotopic (exact) mass is 331 g/mol. The van der Waals surface area contributed by atoms with Gasteiger partial charge in [-0.3, -0.25) is 9.59 Å². The quantitative estimate of drug-likeness (QED) is 0.779. The van der Waals surface area contributed by atoms with Gasteiger partial charge in [-0.1, -0.05) is 26.0 Å². The van der Waals surface area contributed by atoms with Crippen LogP contribution >= 0.6 is 0 Å². The molecule has 2 rings (SSSR count). The molecule has 0 saturated carbocycles. The number of nitrogens with zero attached hydrogens (tertiary/aromatic N) is 2. The summed E-state index contributed by atoms with van der Waals surface area (Å²) in [5, 5.41) is 11.8. The number of fused-ring (bicyclic) bond motifs is 1. The minimum absolute atomic E-state index is 0.0447. The number of hydrogen-bond donors (Lipinski definition) is 2. The van der Waals surface area contributed by atoms with Crippen molar-refractivity contribution in [2.24, 2.45) is 5.92 Å². The van der Waals surface area contributed by atoms with E-state index in [2.05, 4.69) is 10.3 Å². The second-order valence-corrected chi connectivity index (χ2v) is 6.54. The topological polar surface area (TPSA) is 84.2 Å². The normalized spacial score (nSPS) is 12.5. The van der Waals surface area contributed by atoms with Gasteiger partial charge in [-0.15, -0.1) is 0 Å². The van der Waals surface area contributed by atoms with E-state index >= 15 is 0 Å². The molecule has 1 unspecified atom stereocenters. The van der Waals surface area contributed by atoms with Crippen molar-refractivity contribution in [2.45, 2.75) is 52.6 Å². The van der Waals surface area contributed by atoms with Gasteiger partial charge in [-0.2, -0.15) is 0 Å². The molecule has 130 valence electrons. The third-order valence-corrected chi connectivity index (χ3v) is 3.95. The molecule has 1 heterocycles. The van der Waals surface area contributed by atoms with Crippen molar-refractivity contribution >= 4 is 22.9 Å². The summed E-state index contributed by atoms with van der Waals surface area (Å²) in [5.74, 6) is 0.180. The lowest BCUT2D eigenvalue weighted by Gasteiger charge is -2.19. The Labute approximate surface area is 141 Å². The fraction of sp³-hybridized carbons (Fsp3) is 0.500. The van der Waals surface area contributed by atoms with Crippen LogP contribution in [0.25, 0.3) is 11.0 Å². The van der Waals surface area contributed by atoms with Crippen LogP contribution in [0.2, 0.25) is 0 Å². The zero-order chi connectivity index (χ0) is 17.7. The first-order chi connectivity index (χ1) is 11.4. The number of carboxylic acid groups (broad SMARTS) is 1. The number of para-hydroxylation sites is 2. The summed E-state index contributed by atoms with van der Waals surface area (Å²) in [7, 11) is 0. The molecule has 1 atom stereocenters. The Kier molecular flexibility index (Phi) is 5.95. The number of hydrogen-bond acceptors (Lipinski definition) is 3. The van der Waals surface area contributed by atoms with Gasteiger partial charge in [0.05, 0.1) is 17.5 Å². The number of nitrogens with one attached hydrogen (secondary N) is 1. The number of carboxylic acids is 1. The molecule has 6 heteroatoms. The van der Waals surface area contributed by atoms with Crippen LogP contribution in [0, 0.1) is 12.8 Å². The van der Waals surface area contributed by atoms with Crippen LogP contribution in [-0.4, -0.2) is 32.6 Å². The Morgan fingerprint density at radius 1 is 1.29 bits per heavy atom. The fourth-order valence-electron chi connectivity index (χ4n) is 2.96. The van der Waals surface area contributed by atoms with E-state index in [1.165, 1.54) is 0 Å². The summed E-state index contributed by atoms with van der Waals surface area (Å²) < 4.78 is 2.02. The van der Waals surface area contributed by atoms with Crippen molar-refractivity contribution in [3.8, 4) is 0 Å². The first-order valence-electron chi connectivity index (χ1n) is 8.30. The lowest BCUT2D eigenvalue weighted by Crippen LogP contribution is -2.37. The molecule has 0 aliphatic carbocycles. The van der Waals surface area contributed by atoms with Crippen molar-refractivity contribution in [2.75, 3.05) is 0 Å². The van der Waals surface area contributed by atoms with Gasteiger partial charge in [0, 0.05) is 19.0 Å². The number of rotatable bonds is 8. The molecule has 6 nitrogen and oxygen atoms in total. The molecule has 1 aromatic heterocycles. The zero-order valence-corrected chi connectivity index (χ0v) is 14.5.